The average Bonchev–Trinajstić information content (AvgIpc) is 2.27. The van der Waals surface area contributed by atoms with Gasteiger partial charge in [0.1, 0.15) is 11.3 Å². The van der Waals surface area contributed by atoms with E-state index in [2.05, 4.69) is 4.74 Å². The number of nitro benzene ring substituents is 1. The van der Waals surface area contributed by atoms with Gasteiger partial charge in [-0.25, -0.2) is 4.79 Å². The van der Waals surface area contributed by atoms with Crippen molar-refractivity contribution >= 4 is 11.7 Å². The number of aromatic hydroxyl groups is 1. The molecule has 86 valence electrons. The third kappa shape index (κ3) is 2.02. The number of methoxy groups -OCH3 is 2. The molecule has 7 nitrogen and oxygen atoms in total. The molecule has 0 radical (unpaired) electrons. The number of nitrogens with zero attached hydrogens (tertiary/aromatic N) is 1. The molecule has 1 N–H and O–H groups in total. The fraction of sp³-hybridized carbons (Fsp3) is 0.222. The Bertz CT molecular complexity index is 442. The second-order valence-corrected chi connectivity index (χ2v) is 2.79. The van der Waals surface area contributed by atoms with Crippen LogP contribution in [0.5, 0.6) is 11.5 Å². The number of phenols is 1. The average molecular weight is 227 g/mol. The molecule has 1 rings (SSSR count). The Morgan fingerprint density at radius 3 is 2.50 bits per heavy atom. The van der Waals surface area contributed by atoms with Crippen molar-refractivity contribution in [3.8, 4) is 11.5 Å². The minimum Gasteiger partial charge on any atom is -0.507 e. The van der Waals surface area contributed by atoms with E-state index in [9.17, 15) is 20.0 Å². The van der Waals surface area contributed by atoms with Crippen LogP contribution in [-0.2, 0) is 4.74 Å². The summed E-state index contributed by atoms with van der Waals surface area (Å²) in [5.41, 5.74) is -0.613. The zero-order chi connectivity index (χ0) is 12.3. The van der Waals surface area contributed by atoms with Gasteiger partial charge in [0.2, 0.25) is 0 Å². The zero-order valence-corrected chi connectivity index (χ0v) is 8.59. The quantitative estimate of drug-likeness (QED) is 0.471. The van der Waals surface area contributed by atoms with Crippen molar-refractivity contribution in [2.45, 2.75) is 0 Å². The zero-order valence-electron chi connectivity index (χ0n) is 8.59. The largest absolute Gasteiger partial charge is 0.507 e. The molecule has 0 heterocycles. The third-order valence-corrected chi connectivity index (χ3v) is 1.90. The van der Waals surface area contributed by atoms with Crippen LogP contribution in [0, 0.1) is 10.1 Å². The number of hydrogen-bond donors (Lipinski definition) is 1. The van der Waals surface area contributed by atoms with Gasteiger partial charge in [0.25, 0.3) is 0 Å². The van der Waals surface area contributed by atoms with Gasteiger partial charge in [-0.05, 0) is 0 Å². The van der Waals surface area contributed by atoms with Gasteiger partial charge in [-0.2, -0.15) is 0 Å². The molecule has 0 bridgehead atoms. The molecule has 0 spiro atoms. The molecule has 0 amide bonds. The molecule has 1 aromatic carbocycles. The van der Waals surface area contributed by atoms with E-state index in [1.165, 1.54) is 7.11 Å². The maximum Gasteiger partial charge on any atom is 0.341 e. The number of nitro groups is 1. The van der Waals surface area contributed by atoms with Crippen molar-refractivity contribution in [2.24, 2.45) is 0 Å². The van der Waals surface area contributed by atoms with Gasteiger partial charge in [0.05, 0.1) is 25.2 Å². The van der Waals surface area contributed by atoms with Gasteiger partial charge in [-0.1, -0.05) is 0 Å². The van der Waals surface area contributed by atoms with Crippen molar-refractivity contribution in [1.82, 2.24) is 0 Å². The molecule has 7 heteroatoms. The predicted octanol–water partition coefficient (Wildman–Crippen LogP) is 1.10. The number of phenolic OH excluding ortho intramolecular Hbond substituents is 1. The molecule has 0 aliphatic carbocycles. The Morgan fingerprint density at radius 1 is 1.44 bits per heavy atom. The molecule has 0 aromatic heterocycles. The highest BCUT2D eigenvalue weighted by Gasteiger charge is 2.22. The second-order valence-electron chi connectivity index (χ2n) is 2.79. The number of ether oxygens (including phenoxy) is 2. The number of rotatable bonds is 3. The first kappa shape index (κ1) is 11.8. The summed E-state index contributed by atoms with van der Waals surface area (Å²) in [7, 11) is 2.36. The second kappa shape index (κ2) is 4.47. The van der Waals surface area contributed by atoms with Crippen molar-refractivity contribution in [2.75, 3.05) is 14.2 Å². The molecule has 0 unspecified atom stereocenters. The lowest BCUT2D eigenvalue weighted by atomic mass is 10.1. The van der Waals surface area contributed by atoms with Crippen LogP contribution in [0.15, 0.2) is 12.1 Å². The number of carbonyl (C=O) groups is 1. The van der Waals surface area contributed by atoms with E-state index in [1.54, 1.807) is 0 Å². The number of hydrogen-bond acceptors (Lipinski definition) is 6. The Balaban J connectivity index is 3.37. The van der Waals surface area contributed by atoms with E-state index in [-0.39, 0.29) is 11.3 Å². The molecular weight excluding hydrogens is 218 g/mol. The summed E-state index contributed by atoms with van der Waals surface area (Å²) >= 11 is 0. The number of esters is 1. The maximum atomic E-state index is 11.2. The van der Waals surface area contributed by atoms with E-state index in [4.69, 9.17) is 4.74 Å². The van der Waals surface area contributed by atoms with Crippen LogP contribution in [0.3, 0.4) is 0 Å². The summed E-state index contributed by atoms with van der Waals surface area (Å²) in [6.45, 7) is 0. The molecule has 0 aliphatic heterocycles. The van der Waals surface area contributed by atoms with Crippen molar-refractivity contribution in [3.63, 3.8) is 0 Å². The van der Waals surface area contributed by atoms with Crippen LogP contribution in [-0.4, -0.2) is 30.2 Å². The number of carbonyl (C=O) groups excluding carboxylic acids is 1. The SMILES string of the molecule is COC(=O)c1cc(OC)c([N+](=O)[O-])cc1O. The fourth-order valence-electron chi connectivity index (χ4n) is 1.14. The first-order chi connectivity index (χ1) is 7.51. The first-order valence-electron chi connectivity index (χ1n) is 4.15. The topological polar surface area (TPSA) is 98.9 Å². The normalized spacial score (nSPS) is 9.62. The molecule has 16 heavy (non-hydrogen) atoms. The predicted molar refractivity (Wildman–Crippen MR) is 52.7 cm³/mol. The summed E-state index contributed by atoms with van der Waals surface area (Å²) in [5.74, 6) is -1.45. The molecule has 0 saturated carbocycles. The lowest BCUT2D eigenvalue weighted by Gasteiger charge is -2.06. The van der Waals surface area contributed by atoms with E-state index < -0.39 is 22.3 Å². The van der Waals surface area contributed by atoms with Gasteiger partial charge < -0.3 is 14.6 Å². The number of benzene rings is 1. The molecule has 0 aliphatic rings. The van der Waals surface area contributed by atoms with Crippen LogP contribution >= 0.6 is 0 Å². The molecule has 0 saturated heterocycles. The van der Waals surface area contributed by atoms with Gasteiger partial charge >= 0.3 is 11.7 Å². The summed E-state index contributed by atoms with van der Waals surface area (Å²) in [5, 5.41) is 20.0. The van der Waals surface area contributed by atoms with Crippen LogP contribution in [0.1, 0.15) is 10.4 Å². The highest BCUT2D eigenvalue weighted by Crippen LogP contribution is 2.33. The van der Waals surface area contributed by atoms with Crippen molar-refractivity contribution < 1.29 is 24.3 Å². The smallest absolute Gasteiger partial charge is 0.341 e. The van der Waals surface area contributed by atoms with E-state index >= 15 is 0 Å². The van der Waals surface area contributed by atoms with Crippen molar-refractivity contribution in [3.05, 3.63) is 27.8 Å². The molecule has 0 fully saturated rings. The maximum absolute atomic E-state index is 11.2. The Labute approximate surface area is 90.4 Å². The minimum absolute atomic E-state index is 0.122. The third-order valence-electron chi connectivity index (χ3n) is 1.90. The fourth-order valence-corrected chi connectivity index (χ4v) is 1.14. The summed E-state index contributed by atoms with van der Waals surface area (Å²) in [4.78, 5) is 21.0. The summed E-state index contributed by atoms with van der Waals surface area (Å²) in [6, 6.07) is 1.89. The first-order valence-corrected chi connectivity index (χ1v) is 4.15. The lowest BCUT2D eigenvalue weighted by Crippen LogP contribution is -2.03. The molecule has 1 aromatic rings. The van der Waals surface area contributed by atoms with E-state index in [1.807, 2.05) is 0 Å². The van der Waals surface area contributed by atoms with Crippen LogP contribution in [0.2, 0.25) is 0 Å². The van der Waals surface area contributed by atoms with Gasteiger partial charge in [0.15, 0.2) is 5.75 Å². The van der Waals surface area contributed by atoms with E-state index in [0.717, 1.165) is 19.2 Å². The van der Waals surface area contributed by atoms with Gasteiger partial charge in [-0.3, -0.25) is 10.1 Å². The Hall–Kier alpha value is -2.31. The molecule has 0 atom stereocenters. The summed E-state index contributed by atoms with van der Waals surface area (Å²) < 4.78 is 9.13. The van der Waals surface area contributed by atoms with Gasteiger partial charge in [0, 0.05) is 6.07 Å². The van der Waals surface area contributed by atoms with Crippen LogP contribution in [0.25, 0.3) is 0 Å². The van der Waals surface area contributed by atoms with Gasteiger partial charge in [-0.15, -0.1) is 0 Å². The Kier molecular flexibility index (Phi) is 3.29. The van der Waals surface area contributed by atoms with Crippen LogP contribution < -0.4 is 4.74 Å². The summed E-state index contributed by atoms with van der Waals surface area (Å²) in [6.07, 6.45) is 0. The monoisotopic (exact) mass is 227 g/mol. The van der Waals surface area contributed by atoms with Crippen LogP contribution in [0.4, 0.5) is 5.69 Å². The highest BCUT2D eigenvalue weighted by molar-refractivity contribution is 5.93. The Morgan fingerprint density at radius 2 is 2.06 bits per heavy atom. The molecular formula is C9H9NO6. The lowest BCUT2D eigenvalue weighted by molar-refractivity contribution is -0.385. The van der Waals surface area contributed by atoms with E-state index in [0.29, 0.717) is 0 Å². The standard InChI is InChI=1S/C9H9NO6/c1-15-8-3-5(9(12)16-2)7(11)4-6(8)10(13)14/h3-4,11H,1-2H3. The highest BCUT2D eigenvalue weighted by atomic mass is 16.6. The minimum atomic E-state index is -0.800. The van der Waals surface area contributed by atoms with Crippen molar-refractivity contribution in [1.29, 1.82) is 0 Å².